The number of aromatic nitrogens is 2. The van der Waals surface area contributed by atoms with Crippen LogP contribution in [0.5, 0.6) is 0 Å². The molecule has 1 N–H and O–H groups in total. The minimum absolute atomic E-state index is 0.0239. The highest BCUT2D eigenvalue weighted by Crippen LogP contribution is 2.35. The van der Waals surface area contributed by atoms with Crippen LogP contribution < -0.4 is 10.2 Å². The summed E-state index contributed by atoms with van der Waals surface area (Å²) in [5.74, 6) is -0.158. The van der Waals surface area contributed by atoms with Crippen LogP contribution in [-0.4, -0.2) is 28.6 Å². The van der Waals surface area contributed by atoms with Gasteiger partial charge in [-0.2, -0.15) is 0 Å². The molecule has 4 rings (SSSR count). The molecule has 0 radical (unpaired) electrons. The maximum atomic E-state index is 12.6. The molecule has 148 valence electrons. The maximum Gasteiger partial charge on any atom is 0.257 e. The van der Waals surface area contributed by atoms with E-state index in [2.05, 4.69) is 44.2 Å². The highest BCUT2D eigenvalue weighted by molar-refractivity contribution is 14.1. The number of rotatable bonds is 4. The third-order valence-electron chi connectivity index (χ3n) is 4.74. The van der Waals surface area contributed by atoms with Crippen LogP contribution in [0.4, 0.5) is 10.8 Å². The van der Waals surface area contributed by atoms with Crippen LogP contribution in [0.3, 0.4) is 0 Å². The Hall–Kier alpha value is -2.33. The van der Waals surface area contributed by atoms with Crippen LogP contribution in [0, 0.1) is 17.4 Å². The minimum atomic E-state index is -0.217. The molecule has 0 bridgehead atoms. The predicted molar refractivity (Wildman–Crippen MR) is 123 cm³/mol. The first-order valence-electron chi connectivity index (χ1n) is 9.18. The zero-order valence-electron chi connectivity index (χ0n) is 16.0. The average molecular weight is 518 g/mol. The van der Waals surface area contributed by atoms with E-state index in [9.17, 15) is 9.59 Å². The third kappa shape index (κ3) is 4.48. The van der Waals surface area contributed by atoms with Gasteiger partial charge in [0, 0.05) is 33.7 Å². The summed E-state index contributed by atoms with van der Waals surface area (Å²) in [6.45, 7) is 4.63. The molecule has 2 amide bonds. The Kier molecular flexibility index (Phi) is 5.64. The van der Waals surface area contributed by atoms with E-state index in [-0.39, 0.29) is 17.7 Å². The van der Waals surface area contributed by atoms with E-state index in [0.29, 0.717) is 23.7 Å². The number of benzene rings is 2. The van der Waals surface area contributed by atoms with Crippen LogP contribution in [0.1, 0.15) is 38.8 Å². The van der Waals surface area contributed by atoms with Gasteiger partial charge < -0.3 is 4.90 Å². The van der Waals surface area contributed by atoms with Gasteiger partial charge in [0.15, 0.2) is 0 Å². The number of anilines is 2. The zero-order valence-corrected chi connectivity index (χ0v) is 19.0. The lowest BCUT2D eigenvalue weighted by Crippen LogP contribution is -2.24. The number of hydrogen-bond donors (Lipinski definition) is 1. The molecule has 0 aliphatic carbocycles. The topological polar surface area (TPSA) is 75.2 Å². The monoisotopic (exact) mass is 518 g/mol. The minimum Gasteiger partial charge on any atom is -0.312 e. The van der Waals surface area contributed by atoms with Crippen molar-refractivity contribution in [3.05, 3.63) is 67.7 Å². The summed E-state index contributed by atoms with van der Waals surface area (Å²) in [7, 11) is 0. The normalized spacial score (nSPS) is 16.3. The van der Waals surface area contributed by atoms with Gasteiger partial charge in [0.1, 0.15) is 5.01 Å². The lowest BCUT2D eigenvalue weighted by atomic mass is 10.1. The van der Waals surface area contributed by atoms with E-state index in [1.165, 1.54) is 11.3 Å². The molecular weight excluding hydrogens is 499 g/mol. The fraction of sp³-hybridized carbons (Fsp3) is 0.238. The van der Waals surface area contributed by atoms with E-state index >= 15 is 0 Å². The molecule has 1 aliphatic heterocycles. The van der Waals surface area contributed by atoms with Crippen molar-refractivity contribution in [2.24, 2.45) is 0 Å². The predicted octanol–water partition coefficient (Wildman–Crippen LogP) is 4.53. The quantitative estimate of drug-likeness (QED) is 0.515. The van der Waals surface area contributed by atoms with E-state index in [1.54, 1.807) is 6.07 Å². The van der Waals surface area contributed by atoms with Crippen molar-refractivity contribution in [2.45, 2.75) is 26.2 Å². The van der Waals surface area contributed by atoms with Crippen LogP contribution in [0.25, 0.3) is 0 Å². The molecule has 1 aromatic heterocycles. The highest BCUT2D eigenvalue weighted by atomic mass is 127. The standard InChI is InChI=1S/C21H19IN4O2S/c1-12-6-13(2)8-17(7-12)26-11-15(10-18(26)27)20-24-25-21(29-20)23-19(28)14-4-3-5-16(22)9-14/h3-9,15H,10-11H2,1-2H3,(H,23,25,28). The first-order chi connectivity index (χ1) is 13.9. The van der Waals surface area contributed by atoms with Gasteiger partial charge in [-0.1, -0.05) is 23.5 Å². The Morgan fingerprint density at radius 1 is 1.17 bits per heavy atom. The number of carbonyl (C=O) groups is 2. The summed E-state index contributed by atoms with van der Waals surface area (Å²) in [5, 5.41) is 12.4. The summed E-state index contributed by atoms with van der Waals surface area (Å²) in [5.41, 5.74) is 3.76. The maximum absolute atomic E-state index is 12.6. The molecule has 3 aromatic rings. The Balaban J connectivity index is 1.47. The molecule has 2 heterocycles. The van der Waals surface area contributed by atoms with E-state index < -0.39 is 0 Å². The molecule has 2 aromatic carbocycles. The van der Waals surface area contributed by atoms with Crippen molar-refractivity contribution in [1.29, 1.82) is 0 Å². The molecule has 0 spiro atoms. The van der Waals surface area contributed by atoms with E-state index in [1.807, 2.05) is 49.1 Å². The lowest BCUT2D eigenvalue weighted by Gasteiger charge is -2.17. The second-order valence-corrected chi connectivity index (χ2v) is 9.42. The molecule has 1 atom stereocenters. The van der Waals surface area contributed by atoms with Gasteiger partial charge in [-0.05, 0) is 77.9 Å². The molecule has 1 fully saturated rings. The van der Waals surface area contributed by atoms with Gasteiger partial charge in [0.25, 0.3) is 5.91 Å². The zero-order chi connectivity index (χ0) is 20.5. The fourth-order valence-corrected chi connectivity index (χ4v) is 4.85. The van der Waals surface area contributed by atoms with Crippen LogP contribution in [0.15, 0.2) is 42.5 Å². The molecule has 29 heavy (non-hydrogen) atoms. The molecule has 1 saturated heterocycles. The van der Waals surface area contributed by atoms with Crippen molar-refractivity contribution in [2.75, 3.05) is 16.8 Å². The fourth-order valence-electron chi connectivity index (χ4n) is 3.48. The Morgan fingerprint density at radius 2 is 1.93 bits per heavy atom. The SMILES string of the molecule is Cc1cc(C)cc(N2CC(c3nnc(NC(=O)c4cccc(I)c4)s3)CC2=O)c1. The molecule has 1 unspecified atom stereocenters. The Labute approximate surface area is 186 Å². The number of amides is 2. The first kappa shape index (κ1) is 20.0. The second-order valence-electron chi connectivity index (χ2n) is 7.16. The summed E-state index contributed by atoms with van der Waals surface area (Å²) >= 11 is 3.50. The van der Waals surface area contributed by atoms with Crippen LogP contribution >= 0.6 is 33.9 Å². The molecule has 0 saturated carbocycles. The number of nitrogens with one attached hydrogen (secondary N) is 1. The number of carbonyl (C=O) groups excluding carboxylic acids is 2. The van der Waals surface area contributed by atoms with Crippen molar-refractivity contribution in [1.82, 2.24) is 10.2 Å². The van der Waals surface area contributed by atoms with Crippen molar-refractivity contribution in [3.63, 3.8) is 0 Å². The third-order valence-corrected chi connectivity index (χ3v) is 6.41. The molecule has 6 nitrogen and oxygen atoms in total. The molecule has 1 aliphatic rings. The van der Waals surface area contributed by atoms with Gasteiger partial charge in [-0.15, -0.1) is 10.2 Å². The number of nitrogens with zero attached hydrogens (tertiary/aromatic N) is 3. The summed E-state index contributed by atoms with van der Waals surface area (Å²) < 4.78 is 0.990. The molecular formula is C21H19IN4O2S. The van der Waals surface area contributed by atoms with Crippen molar-refractivity contribution >= 4 is 56.6 Å². The van der Waals surface area contributed by atoms with Crippen molar-refractivity contribution < 1.29 is 9.59 Å². The summed E-state index contributed by atoms with van der Waals surface area (Å²) in [6.07, 6.45) is 0.395. The number of halogens is 1. The smallest absolute Gasteiger partial charge is 0.257 e. The molecule has 8 heteroatoms. The highest BCUT2D eigenvalue weighted by Gasteiger charge is 2.34. The van der Waals surface area contributed by atoms with Crippen LogP contribution in [0.2, 0.25) is 0 Å². The Morgan fingerprint density at radius 3 is 2.66 bits per heavy atom. The largest absolute Gasteiger partial charge is 0.312 e. The van der Waals surface area contributed by atoms with Gasteiger partial charge >= 0.3 is 0 Å². The summed E-state index contributed by atoms with van der Waals surface area (Å²) in [4.78, 5) is 26.8. The second kappa shape index (κ2) is 8.19. The van der Waals surface area contributed by atoms with Gasteiger partial charge in [-0.3, -0.25) is 14.9 Å². The number of aryl methyl sites for hydroxylation is 2. The lowest BCUT2D eigenvalue weighted by molar-refractivity contribution is -0.117. The van der Waals surface area contributed by atoms with Gasteiger partial charge in [0.05, 0.1) is 0 Å². The average Bonchev–Trinajstić information content (AvgIpc) is 3.27. The van der Waals surface area contributed by atoms with Gasteiger partial charge in [0.2, 0.25) is 11.0 Å². The van der Waals surface area contributed by atoms with E-state index in [0.717, 1.165) is 25.4 Å². The summed E-state index contributed by atoms with van der Waals surface area (Å²) in [6, 6.07) is 13.5. The first-order valence-corrected chi connectivity index (χ1v) is 11.1. The van der Waals surface area contributed by atoms with E-state index in [4.69, 9.17) is 0 Å². The van der Waals surface area contributed by atoms with Gasteiger partial charge in [-0.25, -0.2) is 0 Å². The Bertz CT molecular complexity index is 1080. The van der Waals surface area contributed by atoms with Crippen molar-refractivity contribution in [3.8, 4) is 0 Å². The van der Waals surface area contributed by atoms with Crippen LogP contribution in [-0.2, 0) is 4.79 Å². The number of hydrogen-bond acceptors (Lipinski definition) is 5.